The van der Waals surface area contributed by atoms with E-state index >= 15 is 0 Å². The minimum absolute atomic E-state index is 0.0128. The van der Waals surface area contributed by atoms with Crippen molar-refractivity contribution >= 4 is 11.7 Å². The molecule has 1 atom stereocenters. The Hall–Kier alpha value is -1.59. The van der Waals surface area contributed by atoms with Crippen molar-refractivity contribution in [1.29, 1.82) is 0 Å². The SMILES string of the molecule is CC(C)C(N)C(=O)Oc1cc(N)ccc1CO. The van der Waals surface area contributed by atoms with Gasteiger partial charge in [0, 0.05) is 17.3 Å². The number of hydrogen-bond acceptors (Lipinski definition) is 5. The highest BCUT2D eigenvalue weighted by molar-refractivity contribution is 5.78. The average molecular weight is 238 g/mol. The van der Waals surface area contributed by atoms with Crippen molar-refractivity contribution in [2.75, 3.05) is 5.73 Å². The summed E-state index contributed by atoms with van der Waals surface area (Å²) < 4.78 is 5.14. The molecule has 0 aliphatic rings. The first-order chi connectivity index (χ1) is 7.95. The Morgan fingerprint density at radius 1 is 1.47 bits per heavy atom. The molecule has 0 spiro atoms. The fourth-order valence-electron chi connectivity index (χ4n) is 1.25. The summed E-state index contributed by atoms with van der Waals surface area (Å²) in [4.78, 5) is 11.7. The normalized spacial score (nSPS) is 12.5. The minimum Gasteiger partial charge on any atom is -0.425 e. The molecular weight excluding hydrogens is 220 g/mol. The quantitative estimate of drug-likeness (QED) is 0.406. The molecule has 0 fully saturated rings. The number of ether oxygens (including phenoxy) is 1. The van der Waals surface area contributed by atoms with Gasteiger partial charge in [0.1, 0.15) is 11.8 Å². The Labute approximate surface area is 100 Å². The van der Waals surface area contributed by atoms with Crippen LogP contribution in [0.5, 0.6) is 5.75 Å². The van der Waals surface area contributed by atoms with Gasteiger partial charge in [-0.15, -0.1) is 0 Å². The predicted molar refractivity (Wildman–Crippen MR) is 65.2 cm³/mol. The van der Waals surface area contributed by atoms with Crippen LogP contribution < -0.4 is 16.2 Å². The van der Waals surface area contributed by atoms with E-state index in [2.05, 4.69) is 0 Å². The summed E-state index contributed by atoms with van der Waals surface area (Å²) in [6.07, 6.45) is 0. The van der Waals surface area contributed by atoms with Crippen LogP contribution in [-0.2, 0) is 11.4 Å². The van der Waals surface area contributed by atoms with Crippen molar-refractivity contribution < 1.29 is 14.6 Å². The third kappa shape index (κ3) is 3.44. The summed E-state index contributed by atoms with van der Waals surface area (Å²) in [5.41, 5.74) is 12.2. The number of benzene rings is 1. The van der Waals surface area contributed by atoms with Crippen molar-refractivity contribution in [1.82, 2.24) is 0 Å². The molecule has 1 aromatic rings. The Morgan fingerprint density at radius 3 is 2.65 bits per heavy atom. The molecule has 0 heterocycles. The molecule has 0 aromatic heterocycles. The fraction of sp³-hybridized carbons (Fsp3) is 0.417. The van der Waals surface area contributed by atoms with Gasteiger partial charge in [0.25, 0.3) is 0 Å². The van der Waals surface area contributed by atoms with E-state index in [4.69, 9.17) is 21.3 Å². The number of aliphatic hydroxyl groups excluding tert-OH is 1. The molecular formula is C12H18N2O3. The minimum atomic E-state index is -0.692. The molecule has 1 unspecified atom stereocenters. The van der Waals surface area contributed by atoms with Gasteiger partial charge < -0.3 is 21.3 Å². The Morgan fingerprint density at radius 2 is 2.12 bits per heavy atom. The van der Waals surface area contributed by atoms with Crippen LogP contribution in [-0.4, -0.2) is 17.1 Å². The van der Waals surface area contributed by atoms with E-state index in [1.807, 2.05) is 13.8 Å². The molecule has 0 aliphatic carbocycles. The molecule has 0 radical (unpaired) electrons. The molecule has 17 heavy (non-hydrogen) atoms. The van der Waals surface area contributed by atoms with Gasteiger partial charge in [0.05, 0.1) is 6.61 Å². The van der Waals surface area contributed by atoms with Gasteiger partial charge in [-0.3, -0.25) is 0 Å². The predicted octanol–water partition coefficient (Wildman–Crippen LogP) is 0.650. The summed E-state index contributed by atoms with van der Waals surface area (Å²) >= 11 is 0. The van der Waals surface area contributed by atoms with Crippen molar-refractivity contribution in [3.05, 3.63) is 23.8 Å². The largest absolute Gasteiger partial charge is 0.425 e. The van der Waals surface area contributed by atoms with Gasteiger partial charge in [-0.05, 0) is 12.0 Å². The molecule has 5 N–H and O–H groups in total. The van der Waals surface area contributed by atoms with Gasteiger partial charge in [0.2, 0.25) is 0 Å². The zero-order valence-corrected chi connectivity index (χ0v) is 10.0. The van der Waals surface area contributed by atoms with E-state index in [1.54, 1.807) is 12.1 Å². The van der Waals surface area contributed by atoms with Crippen molar-refractivity contribution in [3.8, 4) is 5.75 Å². The average Bonchev–Trinajstić information content (AvgIpc) is 2.28. The lowest BCUT2D eigenvalue weighted by Crippen LogP contribution is -2.38. The number of carbonyl (C=O) groups is 1. The first kappa shape index (κ1) is 13.5. The van der Waals surface area contributed by atoms with E-state index < -0.39 is 12.0 Å². The first-order valence-corrected chi connectivity index (χ1v) is 5.42. The lowest BCUT2D eigenvalue weighted by Gasteiger charge is -2.15. The summed E-state index contributed by atoms with van der Waals surface area (Å²) in [6.45, 7) is 3.44. The summed E-state index contributed by atoms with van der Waals surface area (Å²) in [5.74, 6) is -0.282. The molecule has 0 saturated carbocycles. The molecule has 0 saturated heterocycles. The van der Waals surface area contributed by atoms with Crippen molar-refractivity contribution in [2.24, 2.45) is 11.7 Å². The van der Waals surface area contributed by atoms with E-state index in [0.29, 0.717) is 11.3 Å². The van der Waals surface area contributed by atoms with Crippen molar-refractivity contribution in [3.63, 3.8) is 0 Å². The number of carbonyl (C=O) groups excluding carboxylic acids is 1. The second kappa shape index (κ2) is 5.65. The van der Waals surface area contributed by atoms with Crippen molar-refractivity contribution in [2.45, 2.75) is 26.5 Å². The van der Waals surface area contributed by atoms with E-state index in [-0.39, 0.29) is 18.3 Å². The molecule has 0 bridgehead atoms. The first-order valence-electron chi connectivity index (χ1n) is 5.42. The van der Waals surface area contributed by atoms with Crippen LogP contribution in [0.15, 0.2) is 18.2 Å². The zero-order chi connectivity index (χ0) is 13.0. The number of esters is 1. The highest BCUT2D eigenvalue weighted by atomic mass is 16.5. The van der Waals surface area contributed by atoms with Gasteiger partial charge in [-0.25, -0.2) is 4.79 Å². The number of nitrogen functional groups attached to an aromatic ring is 1. The van der Waals surface area contributed by atoms with E-state index in [0.717, 1.165) is 0 Å². The van der Waals surface area contributed by atoms with Crippen LogP contribution in [0.4, 0.5) is 5.69 Å². The summed E-state index contributed by atoms with van der Waals surface area (Å²) in [6, 6.07) is 4.05. The standard InChI is InChI=1S/C12H18N2O3/c1-7(2)11(14)12(16)17-10-5-9(13)4-3-8(10)6-15/h3-5,7,11,15H,6,13-14H2,1-2H3. The Bertz CT molecular complexity index is 405. The number of hydrogen-bond donors (Lipinski definition) is 3. The molecule has 5 heteroatoms. The molecule has 1 rings (SSSR count). The molecule has 0 aliphatic heterocycles. The second-order valence-electron chi connectivity index (χ2n) is 4.22. The monoisotopic (exact) mass is 238 g/mol. The van der Waals surface area contributed by atoms with Gasteiger partial charge >= 0.3 is 5.97 Å². The summed E-state index contributed by atoms with van der Waals surface area (Å²) in [7, 11) is 0. The highest BCUT2D eigenvalue weighted by Gasteiger charge is 2.20. The number of rotatable bonds is 4. The molecule has 0 amide bonds. The number of anilines is 1. The van der Waals surface area contributed by atoms with E-state index in [9.17, 15) is 4.79 Å². The Balaban J connectivity index is 2.87. The number of aliphatic hydroxyl groups is 1. The molecule has 5 nitrogen and oxygen atoms in total. The third-order valence-corrected chi connectivity index (χ3v) is 2.46. The van der Waals surface area contributed by atoms with E-state index in [1.165, 1.54) is 6.07 Å². The van der Waals surface area contributed by atoms with Crippen LogP contribution in [0.3, 0.4) is 0 Å². The maximum absolute atomic E-state index is 11.7. The van der Waals surface area contributed by atoms with Gasteiger partial charge in [-0.1, -0.05) is 19.9 Å². The van der Waals surface area contributed by atoms with Gasteiger partial charge in [0.15, 0.2) is 0 Å². The zero-order valence-electron chi connectivity index (χ0n) is 10.0. The third-order valence-electron chi connectivity index (χ3n) is 2.46. The maximum atomic E-state index is 11.7. The Kier molecular flexibility index (Phi) is 4.48. The fourth-order valence-corrected chi connectivity index (χ4v) is 1.25. The smallest absolute Gasteiger partial charge is 0.328 e. The van der Waals surface area contributed by atoms with Crippen LogP contribution in [0.25, 0.3) is 0 Å². The lowest BCUT2D eigenvalue weighted by molar-refractivity contribution is -0.136. The molecule has 94 valence electrons. The van der Waals surface area contributed by atoms with Crippen LogP contribution in [0.2, 0.25) is 0 Å². The van der Waals surface area contributed by atoms with Crippen LogP contribution in [0.1, 0.15) is 19.4 Å². The van der Waals surface area contributed by atoms with Crippen LogP contribution in [0, 0.1) is 5.92 Å². The van der Waals surface area contributed by atoms with Gasteiger partial charge in [-0.2, -0.15) is 0 Å². The van der Waals surface area contributed by atoms with Crippen LogP contribution >= 0.6 is 0 Å². The number of nitrogens with two attached hydrogens (primary N) is 2. The maximum Gasteiger partial charge on any atom is 0.328 e. The second-order valence-corrected chi connectivity index (χ2v) is 4.22. The lowest BCUT2D eigenvalue weighted by atomic mass is 10.1. The topological polar surface area (TPSA) is 98.6 Å². The highest BCUT2D eigenvalue weighted by Crippen LogP contribution is 2.22. The summed E-state index contributed by atoms with van der Waals surface area (Å²) in [5, 5.41) is 9.11. The molecule has 1 aromatic carbocycles.